The second-order valence-electron chi connectivity index (χ2n) is 5.60. The number of nitrogens with one attached hydrogen (secondary N) is 1. The van der Waals surface area contributed by atoms with Crippen LogP contribution in [0.5, 0.6) is 0 Å². The Labute approximate surface area is 111 Å². The van der Waals surface area contributed by atoms with Crippen LogP contribution in [0.1, 0.15) is 40.0 Å². The average molecular weight is 256 g/mol. The number of nitrogens with zero attached hydrogens (tertiary/aromatic N) is 1. The maximum absolute atomic E-state index is 11.6. The van der Waals surface area contributed by atoms with Crippen molar-refractivity contribution in [2.45, 2.75) is 46.1 Å². The van der Waals surface area contributed by atoms with Crippen molar-refractivity contribution in [1.82, 2.24) is 10.2 Å². The van der Waals surface area contributed by atoms with Crippen LogP contribution in [0.4, 0.5) is 0 Å². The van der Waals surface area contributed by atoms with Gasteiger partial charge in [-0.2, -0.15) is 0 Å². The van der Waals surface area contributed by atoms with E-state index in [4.69, 9.17) is 4.74 Å². The Hall–Kier alpha value is -0.610. The highest BCUT2D eigenvalue weighted by molar-refractivity contribution is 5.75. The van der Waals surface area contributed by atoms with Gasteiger partial charge in [0.1, 0.15) is 6.04 Å². The zero-order valence-corrected chi connectivity index (χ0v) is 12.3. The summed E-state index contributed by atoms with van der Waals surface area (Å²) in [6, 6.07) is -0.189. The van der Waals surface area contributed by atoms with Gasteiger partial charge < -0.3 is 15.0 Å². The first-order valence-electron chi connectivity index (χ1n) is 7.08. The number of hydrogen-bond acceptors (Lipinski definition) is 4. The zero-order valence-electron chi connectivity index (χ0n) is 12.3. The van der Waals surface area contributed by atoms with Crippen molar-refractivity contribution < 1.29 is 9.53 Å². The third-order valence-corrected chi connectivity index (χ3v) is 4.29. The molecular formula is C14H28N2O2. The third-order valence-electron chi connectivity index (χ3n) is 4.29. The summed E-state index contributed by atoms with van der Waals surface area (Å²) < 4.78 is 4.84. The molecule has 106 valence electrons. The van der Waals surface area contributed by atoms with Crippen molar-refractivity contribution >= 4 is 5.97 Å². The quantitative estimate of drug-likeness (QED) is 0.734. The highest BCUT2D eigenvalue weighted by Crippen LogP contribution is 2.33. The SMILES string of the molecule is CCNC(CN1CCC(C)(CC)CC1)C(=O)OC. The highest BCUT2D eigenvalue weighted by Gasteiger charge is 2.30. The average Bonchev–Trinajstić information content (AvgIpc) is 2.40. The molecule has 0 aromatic carbocycles. The summed E-state index contributed by atoms with van der Waals surface area (Å²) in [4.78, 5) is 14.0. The first-order valence-corrected chi connectivity index (χ1v) is 7.08. The maximum Gasteiger partial charge on any atom is 0.324 e. The molecule has 1 fully saturated rings. The predicted octanol–water partition coefficient (Wildman–Crippen LogP) is 1.65. The fourth-order valence-electron chi connectivity index (χ4n) is 2.50. The molecule has 1 rings (SSSR count). The summed E-state index contributed by atoms with van der Waals surface area (Å²) in [5.41, 5.74) is 0.495. The van der Waals surface area contributed by atoms with Gasteiger partial charge in [-0.1, -0.05) is 27.2 Å². The number of methoxy groups -OCH3 is 1. The monoisotopic (exact) mass is 256 g/mol. The third kappa shape index (κ3) is 4.25. The van der Waals surface area contributed by atoms with Crippen LogP contribution in [0.2, 0.25) is 0 Å². The topological polar surface area (TPSA) is 41.6 Å². The molecule has 1 atom stereocenters. The number of carbonyl (C=O) groups excluding carboxylic acids is 1. The summed E-state index contributed by atoms with van der Waals surface area (Å²) >= 11 is 0. The Bertz CT molecular complexity index is 261. The number of ether oxygens (including phenoxy) is 1. The Kier molecular flexibility index (Phi) is 6.09. The van der Waals surface area contributed by atoms with Crippen LogP contribution in [0.25, 0.3) is 0 Å². The van der Waals surface area contributed by atoms with E-state index in [1.54, 1.807) is 0 Å². The van der Waals surface area contributed by atoms with Gasteiger partial charge >= 0.3 is 5.97 Å². The molecule has 0 aromatic rings. The van der Waals surface area contributed by atoms with E-state index in [0.717, 1.165) is 26.2 Å². The number of likely N-dealkylation sites (tertiary alicyclic amines) is 1. The van der Waals surface area contributed by atoms with Gasteiger partial charge in [0.25, 0.3) is 0 Å². The predicted molar refractivity (Wildman–Crippen MR) is 73.6 cm³/mol. The van der Waals surface area contributed by atoms with Crippen LogP contribution in [0.3, 0.4) is 0 Å². The molecule has 0 aliphatic carbocycles. The van der Waals surface area contributed by atoms with Crippen molar-refractivity contribution in [3.8, 4) is 0 Å². The minimum absolute atomic E-state index is 0.152. The van der Waals surface area contributed by atoms with Gasteiger partial charge in [-0.05, 0) is 37.9 Å². The molecular weight excluding hydrogens is 228 g/mol. The van der Waals surface area contributed by atoms with Gasteiger partial charge in [-0.25, -0.2) is 0 Å². The lowest BCUT2D eigenvalue weighted by Crippen LogP contribution is -2.49. The molecule has 1 saturated heterocycles. The van der Waals surface area contributed by atoms with Gasteiger partial charge in [-0.3, -0.25) is 4.79 Å². The molecule has 4 heteroatoms. The molecule has 0 amide bonds. The summed E-state index contributed by atoms with van der Waals surface area (Å²) in [5.74, 6) is -0.152. The van der Waals surface area contributed by atoms with Gasteiger partial charge in [0.05, 0.1) is 7.11 Å². The van der Waals surface area contributed by atoms with Crippen molar-refractivity contribution in [3.05, 3.63) is 0 Å². The summed E-state index contributed by atoms with van der Waals surface area (Å²) in [6.07, 6.45) is 3.70. The molecule has 0 radical (unpaired) electrons. The smallest absolute Gasteiger partial charge is 0.324 e. The standard InChI is InChI=1S/C14H28N2O2/c1-5-14(3)7-9-16(10-8-14)11-12(15-6-2)13(17)18-4/h12,15H,5-11H2,1-4H3. The lowest BCUT2D eigenvalue weighted by molar-refractivity contribution is -0.143. The molecule has 0 aromatic heterocycles. The normalized spacial score (nSPS) is 21.6. The molecule has 1 aliphatic rings. The largest absolute Gasteiger partial charge is 0.468 e. The van der Waals surface area contributed by atoms with E-state index < -0.39 is 0 Å². The molecule has 1 aliphatic heterocycles. The van der Waals surface area contributed by atoms with Crippen LogP contribution in [-0.2, 0) is 9.53 Å². The van der Waals surface area contributed by atoms with Crippen LogP contribution >= 0.6 is 0 Å². The van der Waals surface area contributed by atoms with Gasteiger partial charge in [0.15, 0.2) is 0 Å². The molecule has 0 saturated carbocycles. The van der Waals surface area contributed by atoms with Gasteiger partial charge in [-0.15, -0.1) is 0 Å². The van der Waals surface area contributed by atoms with Crippen LogP contribution < -0.4 is 5.32 Å². The Morgan fingerprint density at radius 2 is 2.00 bits per heavy atom. The number of carbonyl (C=O) groups is 1. The van der Waals surface area contributed by atoms with Gasteiger partial charge in [0.2, 0.25) is 0 Å². The lowest BCUT2D eigenvalue weighted by atomic mass is 9.78. The van der Waals surface area contributed by atoms with E-state index in [2.05, 4.69) is 24.1 Å². The van der Waals surface area contributed by atoms with E-state index >= 15 is 0 Å². The molecule has 1 heterocycles. The fraction of sp³-hybridized carbons (Fsp3) is 0.929. The van der Waals surface area contributed by atoms with Crippen LogP contribution in [0, 0.1) is 5.41 Å². The minimum atomic E-state index is -0.189. The Morgan fingerprint density at radius 1 is 1.39 bits per heavy atom. The molecule has 1 N–H and O–H groups in total. The number of rotatable bonds is 6. The van der Waals surface area contributed by atoms with Crippen molar-refractivity contribution in [2.24, 2.45) is 5.41 Å². The second kappa shape index (κ2) is 7.10. The zero-order chi connectivity index (χ0) is 13.6. The van der Waals surface area contributed by atoms with E-state index in [-0.39, 0.29) is 12.0 Å². The number of esters is 1. The van der Waals surface area contributed by atoms with E-state index in [1.807, 2.05) is 6.92 Å². The molecule has 0 spiro atoms. The van der Waals surface area contributed by atoms with Crippen molar-refractivity contribution in [3.63, 3.8) is 0 Å². The summed E-state index contributed by atoms with van der Waals surface area (Å²) in [6.45, 7) is 10.4. The number of hydrogen-bond donors (Lipinski definition) is 1. The van der Waals surface area contributed by atoms with Crippen LogP contribution in [0.15, 0.2) is 0 Å². The van der Waals surface area contributed by atoms with E-state index in [9.17, 15) is 4.79 Å². The van der Waals surface area contributed by atoms with Crippen molar-refractivity contribution in [2.75, 3.05) is 33.3 Å². The molecule has 0 bridgehead atoms. The van der Waals surface area contributed by atoms with Gasteiger partial charge in [0, 0.05) is 6.54 Å². The number of piperidine rings is 1. The second-order valence-corrected chi connectivity index (χ2v) is 5.60. The van der Waals surface area contributed by atoms with Crippen molar-refractivity contribution in [1.29, 1.82) is 0 Å². The summed E-state index contributed by atoms with van der Waals surface area (Å²) in [7, 11) is 1.46. The molecule has 4 nitrogen and oxygen atoms in total. The first-order chi connectivity index (χ1) is 8.54. The van der Waals surface area contributed by atoms with Crippen LogP contribution in [-0.4, -0.2) is 50.2 Å². The summed E-state index contributed by atoms with van der Waals surface area (Å²) in [5, 5.41) is 3.20. The van der Waals surface area contributed by atoms with E-state index in [0.29, 0.717) is 5.41 Å². The highest BCUT2D eigenvalue weighted by atomic mass is 16.5. The first kappa shape index (κ1) is 15.4. The minimum Gasteiger partial charge on any atom is -0.468 e. The fourth-order valence-corrected chi connectivity index (χ4v) is 2.50. The molecule has 1 unspecified atom stereocenters. The molecule has 18 heavy (non-hydrogen) atoms. The maximum atomic E-state index is 11.6. The lowest BCUT2D eigenvalue weighted by Gasteiger charge is -2.39. The Balaban J connectivity index is 2.44. The Morgan fingerprint density at radius 3 is 2.44 bits per heavy atom. The number of likely N-dealkylation sites (N-methyl/N-ethyl adjacent to an activating group) is 1. The van der Waals surface area contributed by atoms with E-state index in [1.165, 1.54) is 26.4 Å².